The Labute approximate surface area is 192 Å². The number of nitroso groups, excluding NO2 is 1. The first-order valence-electron chi connectivity index (χ1n) is 11.1. The summed E-state index contributed by atoms with van der Waals surface area (Å²) in [7, 11) is 0. The smallest absolute Gasteiger partial charge is 0.193 e. The van der Waals surface area contributed by atoms with Gasteiger partial charge in [-0.1, -0.05) is 35.5 Å². The van der Waals surface area contributed by atoms with E-state index in [1.165, 1.54) is 0 Å². The van der Waals surface area contributed by atoms with Gasteiger partial charge < -0.3 is 4.57 Å². The molecule has 0 fully saturated rings. The predicted octanol–water partition coefficient (Wildman–Crippen LogP) is 6.64. The van der Waals surface area contributed by atoms with E-state index in [0.717, 1.165) is 33.9 Å². The Morgan fingerprint density at radius 2 is 1.64 bits per heavy atom. The van der Waals surface area contributed by atoms with Crippen molar-refractivity contribution >= 4 is 33.4 Å². The molecule has 4 aromatic rings. The van der Waals surface area contributed by atoms with Gasteiger partial charge in [-0.15, -0.1) is 6.58 Å². The molecule has 0 radical (unpaired) electrons. The molecule has 0 N–H and O–H groups in total. The quantitative estimate of drug-likeness (QED) is 0.167. The van der Waals surface area contributed by atoms with E-state index in [-0.39, 0.29) is 11.6 Å². The molecule has 0 bridgehead atoms. The molecule has 1 heterocycles. The number of aromatic nitrogens is 1. The second-order valence-corrected chi connectivity index (χ2v) is 8.20. The van der Waals surface area contributed by atoms with Crippen molar-refractivity contribution in [3.05, 3.63) is 100 Å². The van der Waals surface area contributed by atoms with Gasteiger partial charge in [-0.3, -0.25) is 9.59 Å². The number of Topliss-reactive ketones (excluding diaryl/α,β-unsaturated/α-hetero) is 1. The van der Waals surface area contributed by atoms with Crippen LogP contribution in [0, 0.1) is 11.8 Å². The largest absolute Gasteiger partial charge is 0.341 e. The molecule has 5 heteroatoms. The molecule has 5 nitrogen and oxygen atoms in total. The van der Waals surface area contributed by atoms with Crippen molar-refractivity contribution in [1.82, 2.24) is 4.57 Å². The number of carbonyl (C=O) groups is 2. The van der Waals surface area contributed by atoms with Gasteiger partial charge in [-0.2, -0.15) is 4.91 Å². The molecule has 0 aliphatic rings. The van der Waals surface area contributed by atoms with E-state index in [9.17, 15) is 14.5 Å². The van der Waals surface area contributed by atoms with Gasteiger partial charge >= 0.3 is 0 Å². The Bertz CT molecular complexity index is 1400. The molecular weight excluding hydrogens is 412 g/mol. The molecule has 0 aliphatic heterocycles. The number of rotatable bonds is 9. The van der Waals surface area contributed by atoms with Crippen molar-refractivity contribution in [1.29, 1.82) is 0 Å². The number of nitrogens with zero attached hydrogens (tertiary/aromatic N) is 2. The Balaban J connectivity index is 1.85. The third-order valence-electron chi connectivity index (χ3n) is 6.19. The first kappa shape index (κ1) is 22.3. The van der Waals surface area contributed by atoms with Crippen LogP contribution in [0.4, 0.5) is 0 Å². The zero-order valence-corrected chi connectivity index (χ0v) is 18.9. The lowest BCUT2D eigenvalue weighted by Gasteiger charge is -2.08. The van der Waals surface area contributed by atoms with Crippen LogP contribution in [0.1, 0.15) is 51.6 Å². The number of fused-ring (bicyclic) bond motifs is 3. The summed E-state index contributed by atoms with van der Waals surface area (Å²) in [5, 5.41) is 4.83. The van der Waals surface area contributed by atoms with Gasteiger partial charge in [0.2, 0.25) is 0 Å². The van der Waals surface area contributed by atoms with Gasteiger partial charge in [0.05, 0.1) is 0 Å². The second-order valence-electron chi connectivity index (χ2n) is 8.20. The van der Waals surface area contributed by atoms with E-state index in [0.29, 0.717) is 29.5 Å². The van der Waals surface area contributed by atoms with Gasteiger partial charge in [-0.25, -0.2) is 0 Å². The van der Waals surface area contributed by atoms with Crippen LogP contribution in [-0.2, 0) is 6.54 Å². The normalized spacial score (nSPS) is 12.1. The number of hydrogen-bond donors (Lipinski definition) is 0. The molecule has 33 heavy (non-hydrogen) atoms. The van der Waals surface area contributed by atoms with E-state index in [1.54, 1.807) is 12.1 Å². The number of allylic oxidation sites excluding steroid dienone is 1. The van der Waals surface area contributed by atoms with Crippen LogP contribution >= 0.6 is 0 Å². The topological polar surface area (TPSA) is 68.5 Å². The Kier molecular flexibility index (Phi) is 6.31. The average Bonchev–Trinajstić information content (AvgIpc) is 3.16. The van der Waals surface area contributed by atoms with Crippen molar-refractivity contribution in [2.75, 3.05) is 0 Å². The summed E-state index contributed by atoms with van der Waals surface area (Å²) in [5.41, 5.74) is 4.62. The van der Waals surface area contributed by atoms with Crippen molar-refractivity contribution in [3.63, 3.8) is 0 Å². The van der Waals surface area contributed by atoms with Crippen molar-refractivity contribution < 1.29 is 9.59 Å². The van der Waals surface area contributed by atoms with Crippen LogP contribution in [0.2, 0.25) is 0 Å². The summed E-state index contributed by atoms with van der Waals surface area (Å²) in [6.07, 6.45) is 2.57. The zero-order valence-electron chi connectivity index (χ0n) is 18.9. The van der Waals surface area contributed by atoms with E-state index >= 15 is 0 Å². The van der Waals surface area contributed by atoms with Crippen LogP contribution in [0.15, 0.2) is 78.5 Å². The maximum absolute atomic E-state index is 13.2. The van der Waals surface area contributed by atoms with Crippen molar-refractivity contribution in [3.8, 4) is 0 Å². The molecule has 0 spiro atoms. The first-order chi connectivity index (χ1) is 16.0. The summed E-state index contributed by atoms with van der Waals surface area (Å²) >= 11 is 0. The number of hydrogen-bond acceptors (Lipinski definition) is 4. The molecule has 3 aromatic carbocycles. The molecule has 166 valence electrons. The predicted molar refractivity (Wildman–Crippen MR) is 133 cm³/mol. The fraction of sp³-hybridized carbons (Fsp3) is 0.214. The number of ketones is 2. The maximum atomic E-state index is 13.2. The standard InChI is InChI=1S/C28H26N2O3/c1-4-6-11-24(29-33)28(32)20-13-15-26-23(17-20)22-16-19(12-14-25(22)30(26)5-2)27(31)21-10-8-7-9-18(21)3/h4,7-10,12-17,24H,1,5-6,11H2,2-3H3. The minimum Gasteiger partial charge on any atom is -0.341 e. The number of carbonyl (C=O) groups excluding carboxylic acids is 2. The van der Waals surface area contributed by atoms with E-state index in [2.05, 4.69) is 23.2 Å². The molecule has 0 saturated heterocycles. The lowest BCUT2D eigenvalue weighted by Crippen LogP contribution is -2.18. The fourth-order valence-corrected chi connectivity index (χ4v) is 4.42. The SMILES string of the molecule is C=CCCC(N=O)C(=O)c1ccc2c(c1)c1cc(C(=O)c3ccccc3C)ccc1n2CC. The van der Waals surface area contributed by atoms with Crippen molar-refractivity contribution in [2.24, 2.45) is 5.18 Å². The highest BCUT2D eigenvalue weighted by Gasteiger charge is 2.22. The summed E-state index contributed by atoms with van der Waals surface area (Å²) < 4.78 is 2.16. The van der Waals surface area contributed by atoms with Gasteiger partial charge in [0.15, 0.2) is 17.6 Å². The summed E-state index contributed by atoms with van der Waals surface area (Å²) in [5.74, 6) is -0.326. The first-order valence-corrected chi connectivity index (χ1v) is 11.1. The van der Waals surface area contributed by atoms with Crippen LogP contribution < -0.4 is 0 Å². The molecule has 0 aliphatic carbocycles. The van der Waals surface area contributed by atoms with Gasteiger partial charge in [0.1, 0.15) is 0 Å². The number of benzene rings is 3. The Morgan fingerprint density at radius 3 is 2.24 bits per heavy atom. The molecule has 4 rings (SSSR count). The highest BCUT2D eigenvalue weighted by atomic mass is 16.3. The molecule has 0 amide bonds. The molecule has 0 saturated carbocycles. The Morgan fingerprint density at radius 1 is 1.00 bits per heavy atom. The van der Waals surface area contributed by atoms with Crippen LogP contribution in [0.5, 0.6) is 0 Å². The summed E-state index contributed by atoms with van der Waals surface area (Å²) in [6, 6.07) is 17.8. The van der Waals surface area contributed by atoms with Crippen LogP contribution in [0.25, 0.3) is 21.8 Å². The highest BCUT2D eigenvalue weighted by molar-refractivity contribution is 6.16. The minimum absolute atomic E-state index is 0.0331. The third kappa shape index (κ3) is 4.02. The van der Waals surface area contributed by atoms with Crippen LogP contribution in [0.3, 0.4) is 0 Å². The fourth-order valence-electron chi connectivity index (χ4n) is 4.42. The number of aryl methyl sites for hydroxylation is 2. The monoisotopic (exact) mass is 438 g/mol. The lowest BCUT2D eigenvalue weighted by molar-refractivity contribution is 0.0957. The highest BCUT2D eigenvalue weighted by Crippen LogP contribution is 2.32. The Hall–Kier alpha value is -3.86. The third-order valence-corrected chi connectivity index (χ3v) is 6.19. The molecular formula is C28H26N2O3. The van der Waals surface area contributed by atoms with Crippen LogP contribution in [-0.4, -0.2) is 22.2 Å². The second kappa shape index (κ2) is 9.33. The summed E-state index contributed by atoms with van der Waals surface area (Å²) in [4.78, 5) is 37.4. The van der Waals surface area contributed by atoms with Gasteiger partial charge in [-0.05, 0) is 68.7 Å². The van der Waals surface area contributed by atoms with E-state index in [1.807, 2.05) is 61.5 Å². The molecule has 1 atom stereocenters. The zero-order chi connectivity index (χ0) is 23.5. The van der Waals surface area contributed by atoms with Gasteiger partial charge in [0.25, 0.3) is 0 Å². The van der Waals surface area contributed by atoms with Crippen molar-refractivity contribution in [2.45, 2.75) is 39.3 Å². The lowest BCUT2D eigenvalue weighted by atomic mass is 9.96. The van der Waals surface area contributed by atoms with E-state index < -0.39 is 6.04 Å². The maximum Gasteiger partial charge on any atom is 0.193 e. The summed E-state index contributed by atoms with van der Waals surface area (Å²) in [6.45, 7) is 8.39. The average molecular weight is 439 g/mol. The molecule has 1 aromatic heterocycles. The van der Waals surface area contributed by atoms with E-state index in [4.69, 9.17) is 0 Å². The van der Waals surface area contributed by atoms with Gasteiger partial charge in [0, 0.05) is 45.0 Å². The minimum atomic E-state index is -0.932. The molecule has 1 unspecified atom stereocenters.